The SMILES string of the molecule is Cc1ccc(C(Cl)Cc2nc3ccccc3o2)cc1. The highest BCUT2D eigenvalue weighted by atomic mass is 35.5. The first-order chi connectivity index (χ1) is 9.22. The van der Waals surface area contributed by atoms with Crippen molar-refractivity contribution >= 4 is 22.7 Å². The monoisotopic (exact) mass is 271 g/mol. The number of fused-ring (bicyclic) bond motifs is 1. The molecule has 0 radical (unpaired) electrons. The molecule has 1 aromatic heterocycles. The highest BCUT2D eigenvalue weighted by Gasteiger charge is 2.13. The van der Waals surface area contributed by atoms with Crippen LogP contribution < -0.4 is 0 Å². The maximum atomic E-state index is 6.42. The number of benzene rings is 2. The van der Waals surface area contributed by atoms with Gasteiger partial charge in [-0.2, -0.15) is 0 Å². The number of alkyl halides is 1. The summed E-state index contributed by atoms with van der Waals surface area (Å²) in [7, 11) is 0. The summed E-state index contributed by atoms with van der Waals surface area (Å²) in [5.74, 6) is 0.682. The predicted octanol–water partition coefficient (Wildman–Crippen LogP) is 4.66. The van der Waals surface area contributed by atoms with Gasteiger partial charge in [-0.3, -0.25) is 0 Å². The van der Waals surface area contributed by atoms with E-state index < -0.39 is 0 Å². The van der Waals surface area contributed by atoms with Crippen LogP contribution in [0.25, 0.3) is 11.1 Å². The van der Waals surface area contributed by atoms with Crippen molar-refractivity contribution in [1.82, 2.24) is 4.98 Å². The minimum absolute atomic E-state index is 0.117. The normalized spacial score (nSPS) is 12.7. The van der Waals surface area contributed by atoms with Crippen LogP contribution in [-0.4, -0.2) is 4.98 Å². The Bertz CT molecular complexity index is 654. The van der Waals surface area contributed by atoms with Gasteiger partial charge < -0.3 is 4.42 Å². The molecule has 2 aromatic carbocycles. The van der Waals surface area contributed by atoms with Gasteiger partial charge in [0.1, 0.15) is 5.52 Å². The fourth-order valence-corrected chi connectivity index (χ4v) is 2.33. The molecular formula is C16H14ClNO. The maximum absolute atomic E-state index is 6.42. The average Bonchev–Trinajstić information content (AvgIpc) is 2.81. The summed E-state index contributed by atoms with van der Waals surface area (Å²) in [4.78, 5) is 4.44. The molecule has 0 bridgehead atoms. The molecule has 1 atom stereocenters. The summed E-state index contributed by atoms with van der Waals surface area (Å²) < 4.78 is 5.69. The van der Waals surface area contributed by atoms with Gasteiger partial charge in [-0.05, 0) is 24.6 Å². The van der Waals surface area contributed by atoms with E-state index in [9.17, 15) is 0 Å². The molecule has 3 rings (SSSR count). The zero-order valence-electron chi connectivity index (χ0n) is 10.6. The minimum atomic E-state index is -0.117. The molecule has 0 spiro atoms. The van der Waals surface area contributed by atoms with Gasteiger partial charge in [0, 0.05) is 6.42 Å². The molecule has 0 N–H and O–H groups in total. The van der Waals surface area contributed by atoms with Gasteiger partial charge >= 0.3 is 0 Å². The lowest BCUT2D eigenvalue weighted by Crippen LogP contribution is -1.96. The number of aromatic nitrogens is 1. The third kappa shape index (κ3) is 2.64. The molecule has 0 saturated carbocycles. The Morgan fingerprint density at radius 3 is 2.58 bits per heavy atom. The second-order valence-electron chi connectivity index (χ2n) is 4.66. The zero-order valence-corrected chi connectivity index (χ0v) is 11.4. The predicted molar refractivity (Wildman–Crippen MR) is 77.5 cm³/mol. The number of hydrogen-bond acceptors (Lipinski definition) is 2. The Hall–Kier alpha value is -1.80. The van der Waals surface area contributed by atoms with E-state index in [2.05, 4.69) is 36.2 Å². The van der Waals surface area contributed by atoms with E-state index in [4.69, 9.17) is 16.0 Å². The van der Waals surface area contributed by atoms with Crippen molar-refractivity contribution in [3.63, 3.8) is 0 Å². The van der Waals surface area contributed by atoms with Crippen LogP contribution in [0.2, 0.25) is 0 Å². The lowest BCUT2D eigenvalue weighted by Gasteiger charge is -2.07. The van der Waals surface area contributed by atoms with Crippen LogP contribution in [0.5, 0.6) is 0 Å². The highest BCUT2D eigenvalue weighted by Crippen LogP contribution is 2.26. The molecule has 2 nitrogen and oxygen atoms in total. The Morgan fingerprint density at radius 2 is 1.84 bits per heavy atom. The molecule has 19 heavy (non-hydrogen) atoms. The number of para-hydroxylation sites is 2. The number of aryl methyl sites for hydroxylation is 1. The molecule has 0 saturated heterocycles. The summed E-state index contributed by atoms with van der Waals surface area (Å²) in [6, 6.07) is 16.0. The van der Waals surface area contributed by atoms with Crippen LogP contribution >= 0.6 is 11.6 Å². The van der Waals surface area contributed by atoms with E-state index in [-0.39, 0.29) is 5.38 Å². The van der Waals surface area contributed by atoms with Gasteiger partial charge in [-0.15, -0.1) is 11.6 Å². The number of halogens is 1. The fraction of sp³-hybridized carbons (Fsp3) is 0.188. The quantitative estimate of drug-likeness (QED) is 0.648. The molecular weight excluding hydrogens is 258 g/mol. The van der Waals surface area contributed by atoms with Crippen molar-refractivity contribution in [3.8, 4) is 0 Å². The van der Waals surface area contributed by atoms with E-state index in [1.165, 1.54) is 5.56 Å². The smallest absolute Gasteiger partial charge is 0.197 e. The standard InChI is InChI=1S/C16H14ClNO/c1-11-6-8-12(9-7-11)13(17)10-16-18-14-4-2-3-5-15(14)19-16/h2-9,13H,10H2,1H3. The number of oxazole rings is 1. The van der Waals surface area contributed by atoms with E-state index >= 15 is 0 Å². The molecule has 0 aliphatic carbocycles. The zero-order chi connectivity index (χ0) is 13.2. The molecule has 3 aromatic rings. The first kappa shape index (κ1) is 12.2. The summed E-state index contributed by atoms with van der Waals surface area (Å²) in [6.45, 7) is 2.06. The van der Waals surface area contributed by atoms with E-state index in [0.29, 0.717) is 12.3 Å². The van der Waals surface area contributed by atoms with Crippen molar-refractivity contribution in [2.75, 3.05) is 0 Å². The third-order valence-corrected chi connectivity index (χ3v) is 3.54. The maximum Gasteiger partial charge on any atom is 0.197 e. The number of nitrogens with zero attached hydrogens (tertiary/aromatic N) is 1. The minimum Gasteiger partial charge on any atom is -0.441 e. The van der Waals surface area contributed by atoms with Crippen LogP contribution in [0.1, 0.15) is 22.4 Å². The van der Waals surface area contributed by atoms with Crippen LogP contribution in [0, 0.1) is 6.92 Å². The summed E-state index contributed by atoms with van der Waals surface area (Å²) >= 11 is 6.42. The third-order valence-electron chi connectivity index (χ3n) is 3.13. The van der Waals surface area contributed by atoms with Gasteiger partial charge in [-0.1, -0.05) is 42.0 Å². The Balaban J connectivity index is 1.82. The lowest BCUT2D eigenvalue weighted by atomic mass is 10.1. The average molecular weight is 272 g/mol. The van der Waals surface area contributed by atoms with E-state index in [0.717, 1.165) is 16.7 Å². The number of hydrogen-bond donors (Lipinski definition) is 0. The summed E-state index contributed by atoms with van der Waals surface area (Å²) in [6.07, 6.45) is 0.597. The molecule has 0 aliphatic heterocycles. The van der Waals surface area contributed by atoms with Crippen molar-refractivity contribution in [3.05, 3.63) is 65.5 Å². The van der Waals surface area contributed by atoms with Crippen molar-refractivity contribution in [2.45, 2.75) is 18.7 Å². The Morgan fingerprint density at radius 1 is 1.11 bits per heavy atom. The van der Waals surface area contributed by atoms with Crippen molar-refractivity contribution in [1.29, 1.82) is 0 Å². The Labute approximate surface area is 117 Å². The first-order valence-corrected chi connectivity index (χ1v) is 6.71. The highest BCUT2D eigenvalue weighted by molar-refractivity contribution is 6.20. The van der Waals surface area contributed by atoms with Gasteiger partial charge in [0.15, 0.2) is 11.5 Å². The van der Waals surface area contributed by atoms with Crippen LogP contribution in [-0.2, 0) is 6.42 Å². The van der Waals surface area contributed by atoms with Crippen LogP contribution in [0.15, 0.2) is 52.9 Å². The molecule has 1 unspecified atom stereocenters. The van der Waals surface area contributed by atoms with Gasteiger partial charge in [0.25, 0.3) is 0 Å². The molecule has 0 fully saturated rings. The lowest BCUT2D eigenvalue weighted by molar-refractivity contribution is 0.525. The molecule has 0 amide bonds. The van der Waals surface area contributed by atoms with E-state index in [1.54, 1.807) is 0 Å². The van der Waals surface area contributed by atoms with E-state index in [1.807, 2.05) is 24.3 Å². The first-order valence-electron chi connectivity index (χ1n) is 6.27. The topological polar surface area (TPSA) is 26.0 Å². The van der Waals surface area contributed by atoms with Crippen LogP contribution in [0.3, 0.4) is 0 Å². The van der Waals surface area contributed by atoms with Crippen molar-refractivity contribution in [2.24, 2.45) is 0 Å². The van der Waals surface area contributed by atoms with Crippen LogP contribution in [0.4, 0.5) is 0 Å². The summed E-state index contributed by atoms with van der Waals surface area (Å²) in [5, 5.41) is -0.117. The van der Waals surface area contributed by atoms with Gasteiger partial charge in [-0.25, -0.2) is 4.98 Å². The van der Waals surface area contributed by atoms with Crippen molar-refractivity contribution < 1.29 is 4.42 Å². The fourth-order valence-electron chi connectivity index (χ4n) is 2.05. The second kappa shape index (κ2) is 5.06. The number of rotatable bonds is 3. The molecule has 3 heteroatoms. The molecule has 0 aliphatic rings. The van der Waals surface area contributed by atoms with Gasteiger partial charge in [0.05, 0.1) is 5.38 Å². The molecule has 1 heterocycles. The molecule has 96 valence electrons. The van der Waals surface area contributed by atoms with Gasteiger partial charge in [0.2, 0.25) is 0 Å². The largest absolute Gasteiger partial charge is 0.441 e. The summed E-state index contributed by atoms with van der Waals surface area (Å²) in [5.41, 5.74) is 4.01. The second-order valence-corrected chi connectivity index (χ2v) is 5.18. The Kier molecular flexibility index (Phi) is 3.26.